The van der Waals surface area contributed by atoms with Crippen LogP contribution in [0.25, 0.3) is 0 Å². The van der Waals surface area contributed by atoms with E-state index in [0.29, 0.717) is 12.3 Å². The summed E-state index contributed by atoms with van der Waals surface area (Å²) in [6.45, 7) is 7.93. The third-order valence-corrected chi connectivity index (χ3v) is 2.45. The van der Waals surface area contributed by atoms with Crippen molar-refractivity contribution in [3.05, 3.63) is 24.2 Å². The second-order valence-corrected chi connectivity index (χ2v) is 3.67. The minimum Gasteiger partial charge on any atom is -0.459 e. The monoisotopic (exact) mass is 224 g/mol. The van der Waals surface area contributed by atoms with Crippen molar-refractivity contribution in [2.45, 2.75) is 20.3 Å². The molecular weight excluding hydrogens is 204 g/mol. The minimum atomic E-state index is -0.141. The summed E-state index contributed by atoms with van der Waals surface area (Å²) in [5.74, 6) is 0.232. The first-order valence-corrected chi connectivity index (χ1v) is 5.82. The van der Waals surface area contributed by atoms with E-state index in [1.54, 1.807) is 12.1 Å². The fourth-order valence-electron chi connectivity index (χ4n) is 1.57. The first-order valence-electron chi connectivity index (χ1n) is 5.82. The largest absolute Gasteiger partial charge is 0.459 e. The van der Waals surface area contributed by atoms with Gasteiger partial charge in [-0.3, -0.25) is 4.79 Å². The number of likely N-dealkylation sites (N-methyl/N-ethyl adjacent to an activating group) is 1. The third kappa shape index (κ3) is 4.06. The van der Waals surface area contributed by atoms with Crippen LogP contribution in [0.3, 0.4) is 0 Å². The van der Waals surface area contributed by atoms with Crippen molar-refractivity contribution in [2.75, 3.05) is 26.2 Å². The second-order valence-electron chi connectivity index (χ2n) is 3.67. The molecule has 1 N–H and O–H groups in total. The lowest BCUT2D eigenvalue weighted by atomic mass is 10.4. The fraction of sp³-hybridized carbons (Fsp3) is 0.583. The highest BCUT2D eigenvalue weighted by Crippen LogP contribution is 1.98. The van der Waals surface area contributed by atoms with Gasteiger partial charge in [-0.25, -0.2) is 0 Å². The van der Waals surface area contributed by atoms with Crippen molar-refractivity contribution in [1.82, 2.24) is 10.2 Å². The van der Waals surface area contributed by atoms with E-state index >= 15 is 0 Å². The molecule has 1 rings (SSSR count). The van der Waals surface area contributed by atoms with Crippen LogP contribution in [0.5, 0.6) is 0 Å². The lowest BCUT2D eigenvalue weighted by molar-refractivity contribution is 0.0921. The van der Waals surface area contributed by atoms with E-state index < -0.39 is 0 Å². The van der Waals surface area contributed by atoms with Crippen molar-refractivity contribution < 1.29 is 9.21 Å². The van der Waals surface area contributed by atoms with Gasteiger partial charge in [0.1, 0.15) is 0 Å². The van der Waals surface area contributed by atoms with E-state index in [1.807, 2.05) is 0 Å². The summed E-state index contributed by atoms with van der Waals surface area (Å²) in [6.07, 6.45) is 2.64. The van der Waals surface area contributed by atoms with E-state index in [1.165, 1.54) is 6.26 Å². The Balaban J connectivity index is 2.22. The highest BCUT2D eigenvalue weighted by molar-refractivity contribution is 5.91. The van der Waals surface area contributed by atoms with E-state index in [0.717, 1.165) is 26.1 Å². The van der Waals surface area contributed by atoms with Crippen LogP contribution in [0.4, 0.5) is 0 Å². The number of hydrogen-bond donors (Lipinski definition) is 1. The Hall–Kier alpha value is -1.29. The Labute approximate surface area is 96.6 Å². The maximum Gasteiger partial charge on any atom is 0.287 e. The van der Waals surface area contributed by atoms with Crippen LogP contribution in [-0.4, -0.2) is 37.0 Å². The molecule has 0 saturated carbocycles. The molecular formula is C12H20N2O2. The summed E-state index contributed by atoms with van der Waals surface area (Å²) < 4.78 is 5.00. The van der Waals surface area contributed by atoms with Gasteiger partial charge in [0, 0.05) is 13.1 Å². The first-order chi connectivity index (χ1) is 7.77. The Bertz CT molecular complexity index is 296. The summed E-state index contributed by atoms with van der Waals surface area (Å²) in [4.78, 5) is 13.8. The van der Waals surface area contributed by atoms with Crippen LogP contribution in [-0.2, 0) is 0 Å². The number of nitrogens with one attached hydrogen (secondary N) is 1. The molecule has 16 heavy (non-hydrogen) atoms. The summed E-state index contributed by atoms with van der Waals surface area (Å²) in [6, 6.07) is 3.38. The predicted molar refractivity (Wildman–Crippen MR) is 63.4 cm³/mol. The molecule has 0 aromatic carbocycles. The zero-order valence-corrected chi connectivity index (χ0v) is 10.0. The molecule has 0 bridgehead atoms. The van der Waals surface area contributed by atoms with Gasteiger partial charge in [-0.1, -0.05) is 13.8 Å². The summed E-state index contributed by atoms with van der Waals surface area (Å²) in [7, 11) is 0. The molecule has 1 aromatic rings. The van der Waals surface area contributed by atoms with Crippen molar-refractivity contribution in [2.24, 2.45) is 0 Å². The van der Waals surface area contributed by atoms with Crippen LogP contribution < -0.4 is 5.32 Å². The molecule has 4 nitrogen and oxygen atoms in total. The lowest BCUT2D eigenvalue weighted by Crippen LogP contribution is -2.35. The molecule has 0 radical (unpaired) electrons. The zero-order chi connectivity index (χ0) is 11.8. The van der Waals surface area contributed by atoms with Crippen molar-refractivity contribution in [3.8, 4) is 0 Å². The highest BCUT2D eigenvalue weighted by Gasteiger charge is 2.07. The van der Waals surface area contributed by atoms with Crippen molar-refractivity contribution in [3.63, 3.8) is 0 Å². The maximum atomic E-state index is 11.5. The molecule has 0 aliphatic carbocycles. The van der Waals surface area contributed by atoms with Crippen LogP contribution >= 0.6 is 0 Å². The maximum absolute atomic E-state index is 11.5. The molecule has 0 saturated heterocycles. The molecule has 90 valence electrons. The highest BCUT2D eigenvalue weighted by atomic mass is 16.3. The second kappa shape index (κ2) is 7.06. The number of hydrogen-bond acceptors (Lipinski definition) is 3. The van der Waals surface area contributed by atoms with E-state index in [9.17, 15) is 4.79 Å². The number of carbonyl (C=O) groups excluding carboxylic acids is 1. The number of amides is 1. The summed E-state index contributed by atoms with van der Waals surface area (Å²) >= 11 is 0. The molecule has 0 unspecified atom stereocenters. The Morgan fingerprint density at radius 2 is 2.25 bits per heavy atom. The number of carbonyl (C=O) groups is 1. The van der Waals surface area contributed by atoms with Gasteiger partial charge in [0.25, 0.3) is 5.91 Å². The minimum absolute atomic E-state index is 0.141. The SMILES string of the molecule is CCCN(CC)CCNC(=O)c1ccco1. The Morgan fingerprint density at radius 1 is 1.44 bits per heavy atom. The average molecular weight is 224 g/mol. The zero-order valence-electron chi connectivity index (χ0n) is 10.0. The molecule has 1 amide bonds. The third-order valence-electron chi connectivity index (χ3n) is 2.45. The fourth-order valence-corrected chi connectivity index (χ4v) is 1.57. The number of nitrogens with zero attached hydrogens (tertiary/aromatic N) is 1. The molecule has 1 aromatic heterocycles. The predicted octanol–water partition coefficient (Wildman–Crippen LogP) is 1.74. The van der Waals surface area contributed by atoms with Gasteiger partial charge in [-0.2, -0.15) is 0 Å². The smallest absolute Gasteiger partial charge is 0.287 e. The standard InChI is InChI=1S/C12H20N2O2/c1-3-8-14(4-2)9-7-13-12(15)11-6-5-10-16-11/h5-6,10H,3-4,7-9H2,1-2H3,(H,13,15). The van der Waals surface area contributed by atoms with Gasteiger partial charge in [0.05, 0.1) is 6.26 Å². The van der Waals surface area contributed by atoms with Gasteiger partial charge < -0.3 is 14.6 Å². The Morgan fingerprint density at radius 3 is 2.81 bits per heavy atom. The van der Waals surface area contributed by atoms with E-state index in [4.69, 9.17) is 4.42 Å². The lowest BCUT2D eigenvalue weighted by Gasteiger charge is -2.19. The molecule has 0 aliphatic heterocycles. The first kappa shape index (κ1) is 12.8. The Kier molecular flexibility index (Phi) is 5.64. The summed E-state index contributed by atoms with van der Waals surface area (Å²) in [5, 5.41) is 2.83. The van der Waals surface area contributed by atoms with Crippen LogP contribution in [0.1, 0.15) is 30.8 Å². The molecule has 1 heterocycles. The van der Waals surface area contributed by atoms with Crippen molar-refractivity contribution >= 4 is 5.91 Å². The number of furan rings is 1. The van der Waals surface area contributed by atoms with E-state index in [-0.39, 0.29) is 5.91 Å². The van der Waals surface area contributed by atoms with Gasteiger partial charge in [0.15, 0.2) is 5.76 Å². The average Bonchev–Trinajstić information content (AvgIpc) is 2.81. The molecule has 4 heteroatoms. The quantitative estimate of drug-likeness (QED) is 0.767. The molecule has 0 fully saturated rings. The van der Waals surface area contributed by atoms with E-state index in [2.05, 4.69) is 24.1 Å². The molecule has 0 aliphatic rings. The van der Waals surface area contributed by atoms with Gasteiger partial charge in [-0.05, 0) is 31.6 Å². The number of rotatable bonds is 7. The molecule has 0 spiro atoms. The van der Waals surface area contributed by atoms with Crippen LogP contribution in [0, 0.1) is 0 Å². The van der Waals surface area contributed by atoms with Gasteiger partial charge in [-0.15, -0.1) is 0 Å². The van der Waals surface area contributed by atoms with Crippen LogP contribution in [0.15, 0.2) is 22.8 Å². The summed E-state index contributed by atoms with van der Waals surface area (Å²) in [5.41, 5.74) is 0. The van der Waals surface area contributed by atoms with Gasteiger partial charge in [0.2, 0.25) is 0 Å². The van der Waals surface area contributed by atoms with Crippen molar-refractivity contribution in [1.29, 1.82) is 0 Å². The molecule has 0 atom stereocenters. The topological polar surface area (TPSA) is 45.5 Å². The van der Waals surface area contributed by atoms with Gasteiger partial charge >= 0.3 is 0 Å². The van der Waals surface area contributed by atoms with Crippen LogP contribution in [0.2, 0.25) is 0 Å². The normalized spacial score (nSPS) is 10.7.